The largest absolute Gasteiger partial charge is 0.315 e. The highest BCUT2D eigenvalue weighted by Gasteiger charge is 2.30. The third-order valence-electron chi connectivity index (χ3n) is 4.18. The molecule has 0 N–H and O–H groups in total. The Kier molecular flexibility index (Phi) is 3.37. The minimum atomic E-state index is 0.576. The van der Waals surface area contributed by atoms with Crippen molar-refractivity contribution >= 4 is 0 Å². The predicted octanol–water partition coefficient (Wildman–Crippen LogP) is 3.66. The van der Waals surface area contributed by atoms with Crippen LogP contribution in [0.3, 0.4) is 0 Å². The fourth-order valence-electron chi connectivity index (χ4n) is 2.85. The number of rotatable bonds is 5. The third-order valence-corrected chi connectivity index (χ3v) is 4.18. The van der Waals surface area contributed by atoms with Gasteiger partial charge in [0.25, 0.3) is 0 Å². The first-order valence-corrected chi connectivity index (χ1v) is 8.10. The van der Waals surface area contributed by atoms with Crippen molar-refractivity contribution in [3.8, 4) is 11.5 Å². The number of imidazole rings is 1. The predicted molar refractivity (Wildman–Crippen MR) is 86.0 cm³/mol. The second-order valence-corrected chi connectivity index (χ2v) is 6.08. The number of hydrogen-bond acceptors (Lipinski definition) is 3. The Hall–Kier alpha value is -2.23. The molecule has 2 aliphatic heterocycles. The lowest BCUT2D eigenvalue weighted by Gasteiger charge is -2.12. The highest BCUT2D eigenvalue weighted by Crippen LogP contribution is 2.40. The summed E-state index contributed by atoms with van der Waals surface area (Å²) in [4.78, 5) is 14.3. The zero-order valence-corrected chi connectivity index (χ0v) is 12.9. The van der Waals surface area contributed by atoms with Crippen LogP contribution in [0.2, 0.25) is 0 Å². The lowest BCUT2D eigenvalue weighted by molar-refractivity contribution is 0.654. The molecule has 0 unspecified atom stereocenters. The summed E-state index contributed by atoms with van der Waals surface area (Å²) in [7, 11) is 0. The maximum absolute atomic E-state index is 4.82. The van der Waals surface area contributed by atoms with Crippen molar-refractivity contribution in [2.45, 2.75) is 45.1 Å². The molecular weight excluding hydrogens is 272 g/mol. The summed E-state index contributed by atoms with van der Waals surface area (Å²) in [6.07, 6.45) is 6.27. The topological polar surface area (TPSA) is 43.6 Å². The van der Waals surface area contributed by atoms with Gasteiger partial charge in [-0.15, -0.1) is 0 Å². The maximum atomic E-state index is 4.82. The lowest BCUT2D eigenvalue weighted by Crippen LogP contribution is -2.08. The number of aromatic nitrogens is 4. The highest BCUT2D eigenvalue weighted by atomic mass is 15.1. The molecule has 0 amide bonds. The molecule has 0 spiro atoms. The molecule has 0 saturated heterocycles. The summed E-state index contributed by atoms with van der Waals surface area (Å²) in [5.41, 5.74) is 3.29. The van der Waals surface area contributed by atoms with E-state index in [-0.39, 0.29) is 0 Å². The molecule has 112 valence electrons. The fraction of sp³-hybridized carbons (Fsp3) is 0.389. The molecule has 0 atom stereocenters. The minimum absolute atomic E-state index is 0.576. The van der Waals surface area contributed by atoms with Crippen LogP contribution in [0.25, 0.3) is 11.5 Å². The molecule has 0 radical (unpaired) electrons. The minimum Gasteiger partial charge on any atom is -0.315 e. The molecular formula is C18H20N4. The van der Waals surface area contributed by atoms with Gasteiger partial charge in [-0.1, -0.05) is 37.3 Å². The molecule has 1 aromatic carbocycles. The maximum Gasteiger partial charge on any atom is 0.163 e. The van der Waals surface area contributed by atoms with Crippen molar-refractivity contribution in [1.82, 2.24) is 19.5 Å². The SMILES string of the molecule is CCCn1cnc(Cc2ccccc2)c2nc(C3CC3)nc1-2. The Bertz CT molecular complexity index is 743. The van der Waals surface area contributed by atoms with Gasteiger partial charge in [-0.25, -0.2) is 15.0 Å². The summed E-state index contributed by atoms with van der Waals surface area (Å²) in [6, 6.07) is 10.5. The van der Waals surface area contributed by atoms with Crippen LogP contribution in [-0.4, -0.2) is 19.5 Å². The summed E-state index contributed by atoms with van der Waals surface area (Å²) < 4.78 is 2.14. The first-order valence-electron chi connectivity index (χ1n) is 8.10. The van der Waals surface area contributed by atoms with Crippen molar-refractivity contribution in [3.63, 3.8) is 0 Å². The molecule has 1 aliphatic carbocycles. The van der Waals surface area contributed by atoms with Crippen LogP contribution >= 0.6 is 0 Å². The van der Waals surface area contributed by atoms with Crippen LogP contribution in [0.5, 0.6) is 0 Å². The smallest absolute Gasteiger partial charge is 0.163 e. The Morgan fingerprint density at radius 1 is 1.14 bits per heavy atom. The van der Waals surface area contributed by atoms with Crippen LogP contribution in [0, 0.1) is 0 Å². The molecule has 22 heavy (non-hydrogen) atoms. The summed E-state index contributed by atoms with van der Waals surface area (Å²) in [6.45, 7) is 3.12. The van der Waals surface area contributed by atoms with Gasteiger partial charge in [-0.3, -0.25) is 0 Å². The van der Waals surface area contributed by atoms with E-state index in [0.29, 0.717) is 5.92 Å². The summed E-state index contributed by atoms with van der Waals surface area (Å²) in [5, 5.41) is 0. The van der Waals surface area contributed by atoms with Crippen molar-refractivity contribution in [1.29, 1.82) is 0 Å². The van der Waals surface area contributed by atoms with Gasteiger partial charge < -0.3 is 4.57 Å². The molecule has 4 nitrogen and oxygen atoms in total. The first-order chi connectivity index (χ1) is 10.8. The zero-order chi connectivity index (χ0) is 14.9. The van der Waals surface area contributed by atoms with Gasteiger partial charge in [0.15, 0.2) is 5.82 Å². The Morgan fingerprint density at radius 2 is 1.95 bits per heavy atom. The second-order valence-electron chi connectivity index (χ2n) is 6.08. The average molecular weight is 292 g/mol. The quantitative estimate of drug-likeness (QED) is 0.721. The molecule has 0 aromatic heterocycles. The van der Waals surface area contributed by atoms with E-state index < -0.39 is 0 Å². The monoisotopic (exact) mass is 292 g/mol. The number of aryl methyl sites for hydroxylation is 1. The molecule has 1 fully saturated rings. The molecule has 1 saturated carbocycles. The van der Waals surface area contributed by atoms with Crippen LogP contribution in [0.15, 0.2) is 36.7 Å². The summed E-state index contributed by atoms with van der Waals surface area (Å²) >= 11 is 0. The van der Waals surface area contributed by atoms with Crippen LogP contribution in [0.4, 0.5) is 0 Å². The molecule has 1 aromatic rings. The average Bonchev–Trinajstić information content (AvgIpc) is 3.29. The van der Waals surface area contributed by atoms with E-state index in [1.165, 1.54) is 18.4 Å². The van der Waals surface area contributed by atoms with E-state index in [1.54, 1.807) is 0 Å². The Balaban J connectivity index is 1.76. The van der Waals surface area contributed by atoms with E-state index in [2.05, 4.69) is 40.7 Å². The normalized spacial score (nSPS) is 14.6. The Labute approximate surface area is 130 Å². The molecule has 0 bridgehead atoms. The lowest BCUT2D eigenvalue weighted by atomic mass is 10.1. The molecule has 4 rings (SSSR count). The molecule has 2 heterocycles. The number of fused-ring (bicyclic) bond motifs is 1. The van der Waals surface area contributed by atoms with Crippen molar-refractivity contribution in [2.24, 2.45) is 0 Å². The van der Waals surface area contributed by atoms with Gasteiger partial charge >= 0.3 is 0 Å². The van der Waals surface area contributed by atoms with E-state index in [9.17, 15) is 0 Å². The number of benzene rings is 1. The van der Waals surface area contributed by atoms with Gasteiger partial charge in [-0.2, -0.15) is 0 Å². The van der Waals surface area contributed by atoms with Gasteiger partial charge in [0.2, 0.25) is 0 Å². The van der Waals surface area contributed by atoms with Crippen molar-refractivity contribution in [2.75, 3.05) is 0 Å². The zero-order valence-electron chi connectivity index (χ0n) is 12.9. The highest BCUT2D eigenvalue weighted by molar-refractivity contribution is 5.56. The van der Waals surface area contributed by atoms with Crippen LogP contribution in [0.1, 0.15) is 49.2 Å². The van der Waals surface area contributed by atoms with Gasteiger partial charge in [0, 0.05) is 18.9 Å². The van der Waals surface area contributed by atoms with E-state index >= 15 is 0 Å². The summed E-state index contributed by atoms with van der Waals surface area (Å²) in [5.74, 6) is 2.60. The number of hydrogen-bond donors (Lipinski definition) is 0. The first kappa shape index (κ1) is 13.4. The van der Waals surface area contributed by atoms with Crippen molar-refractivity contribution < 1.29 is 0 Å². The van der Waals surface area contributed by atoms with Crippen molar-refractivity contribution in [3.05, 3.63) is 53.7 Å². The molecule has 4 heteroatoms. The Morgan fingerprint density at radius 3 is 2.68 bits per heavy atom. The van der Waals surface area contributed by atoms with Gasteiger partial charge in [-0.05, 0) is 24.8 Å². The number of nitrogens with zero attached hydrogens (tertiary/aromatic N) is 4. The van der Waals surface area contributed by atoms with E-state index in [4.69, 9.17) is 9.97 Å². The second kappa shape index (κ2) is 5.52. The van der Waals surface area contributed by atoms with Gasteiger partial charge in [0.05, 0.1) is 12.0 Å². The van der Waals surface area contributed by atoms with E-state index in [1.807, 2.05) is 12.4 Å². The van der Waals surface area contributed by atoms with Crippen LogP contribution < -0.4 is 0 Å². The fourth-order valence-corrected chi connectivity index (χ4v) is 2.85. The third kappa shape index (κ3) is 2.49. The standard InChI is InChI=1S/C18H20N4/c1-2-10-22-12-19-15(11-13-6-4-3-5-7-13)16-18(22)21-17(20-16)14-8-9-14/h3-7,12,14H,2,8-11H2,1H3. The molecule has 3 aliphatic rings. The van der Waals surface area contributed by atoms with Gasteiger partial charge in [0.1, 0.15) is 11.5 Å². The van der Waals surface area contributed by atoms with Crippen LogP contribution in [-0.2, 0) is 13.0 Å². The van der Waals surface area contributed by atoms with E-state index in [0.717, 1.165) is 42.4 Å².